The predicted octanol–water partition coefficient (Wildman–Crippen LogP) is 3.54. The third kappa shape index (κ3) is 3.21. The first-order chi connectivity index (χ1) is 7.00. The van der Waals surface area contributed by atoms with Gasteiger partial charge in [-0.1, -0.05) is 42.0 Å². The van der Waals surface area contributed by atoms with Gasteiger partial charge in [0.25, 0.3) is 0 Å². The lowest BCUT2D eigenvalue weighted by Gasteiger charge is -2.07. The molecule has 0 N–H and O–H groups in total. The molecule has 0 aliphatic heterocycles. The number of benzene rings is 1. The lowest BCUT2D eigenvalue weighted by atomic mass is 9.97. The van der Waals surface area contributed by atoms with Gasteiger partial charge in [-0.05, 0) is 38.0 Å². The molecule has 0 bridgehead atoms. The van der Waals surface area contributed by atoms with Crippen LogP contribution in [0.25, 0.3) is 5.57 Å². The van der Waals surface area contributed by atoms with Gasteiger partial charge in [0.05, 0.1) is 0 Å². The van der Waals surface area contributed by atoms with Crippen LogP contribution in [0.4, 0.5) is 0 Å². The zero-order valence-corrected chi connectivity index (χ0v) is 9.50. The Bertz CT molecular complexity index is 425. The van der Waals surface area contributed by atoms with E-state index in [4.69, 9.17) is 0 Å². The first-order valence-corrected chi connectivity index (χ1v) is 4.96. The molecule has 0 heterocycles. The molecule has 1 aromatic carbocycles. The summed E-state index contributed by atoms with van der Waals surface area (Å²) in [7, 11) is 0. The Morgan fingerprint density at radius 1 is 1.33 bits per heavy atom. The summed E-state index contributed by atoms with van der Waals surface area (Å²) in [5.74, 6) is 0.0505. The molecule has 0 spiro atoms. The van der Waals surface area contributed by atoms with Crippen LogP contribution >= 0.6 is 0 Å². The average molecular weight is 200 g/mol. The minimum Gasteiger partial charge on any atom is -0.295 e. The molecule has 0 aliphatic rings. The quantitative estimate of drug-likeness (QED) is 0.538. The molecule has 15 heavy (non-hydrogen) atoms. The van der Waals surface area contributed by atoms with Crippen molar-refractivity contribution in [3.8, 4) is 0 Å². The number of carbonyl (C=O) groups is 1. The molecule has 0 fully saturated rings. The van der Waals surface area contributed by atoms with Crippen molar-refractivity contribution in [1.29, 1.82) is 0 Å². The second-order valence-corrected chi connectivity index (χ2v) is 3.82. The van der Waals surface area contributed by atoms with E-state index in [0.29, 0.717) is 0 Å². The zero-order chi connectivity index (χ0) is 11.4. The van der Waals surface area contributed by atoms with Gasteiger partial charge in [0.1, 0.15) is 0 Å². The smallest absolute Gasteiger partial charge is 0.153 e. The van der Waals surface area contributed by atoms with Crippen molar-refractivity contribution in [2.24, 2.45) is 0 Å². The van der Waals surface area contributed by atoms with Crippen molar-refractivity contribution in [2.75, 3.05) is 0 Å². The van der Waals surface area contributed by atoms with Crippen molar-refractivity contribution < 1.29 is 4.79 Å². The highest BCUT2D eigenvalue weighted by Gasteiger charge is 2.03. The molecule has 1 heteroatoms. The summed E-state index contributed by atoms with van der Waals surface area (Å²) in [6.45, 7) is 9.40. The van der Waals surface area contributed by atoms with Crippen molar-refractivity contribution in [3.63, 3.8) is 0 Å². The van der Waals surface area contributed by atoms with Crippen LogP contribution in [0.1, 0.15) is 25.0 Å². The Morgan fingerprint density at radius 3 is 2.47 bits per heavy atom. The van der Waals surface area contributed by atoms with Gasteiger partial charge in [-0.2, -0.15) is 0 Å². The fourth-order valence-electron chi connectivity index (χ4n) is 1.47. The maximum absolute atomic E-state index is 11.1. The first-order valence-electron chi connectivity index (χ1n) is 4.96. The second kappa shape index (κ2) is 4.74. The van der Waals surface area contributed by atoms with E-state index in [1.807, 2.05) is 32.0 Å². The minimum absolute atomic E-state index is 0.0505. The summed E-state index contributed by atoms with van der Waals surface area (Å²) in [4.78, 5) is 11.1. The van der Waals surface area contributed by atoms with Gasteiger partial charge < -0.3 is 0 Å². The number of hydrogen-bond acceptors (Lipinski definition) is 1. The van der Waals surface area contributed by atoms with Gasteiger partial charge in [0, 0.05) is 0 Å². The largest absolute Gasteiger partial charge is 0.295 e. The lowest BCUT2D eigenvalue weighted by Crippen LogP contribution is -1.91. The standard InChI is InChI=1S/C14H16O/c1-10(2)14(9-12(4)15)13-7-5-6-11(3)8-13/h5-9H,1H2,2-4H3/b14-9+. The summed E-state index contributed by atoms with van der Waals surface area (Å²) in [6, 6.07) is 8.08. The second-order valence-electron chi connectivity index (χ2n) is 3.82. The Hall–Kier alpha value is -1.63. The fraction of sp³-hybridized carbons (Fsp3) is 0.214. The molecule has 0 atom stereocenters. The van der Waals surface area contributed by atoms with Crippen LogP contribution in [0.2, 0.25) is 0 Å². The van der Waals surface area contributed by atoms with Gasteiger partial charge in [-0.3, -0.25) is 4.79 Å². The van der Waals surface area contributed by atoms with E-state index in [2.05, 4.69) is 12.6 Å². The van der Waals surface area contributed by atoms with Gasteiger partial charge in [-0.15, -0.1) is 0 Å². The van der Waals surface area contributed by atoms with Crippen LogP contribution in [0.5, 0.6) is 0 Å². The van der Waals surface area contributed by atoms with Crippen LogP contribution in [-0.4, -0.2) is 5.78 Å². The molecule has 0 saturated heterocycles. The van der Waals surface area contributed by atoms with E-state index in [0.717, 1.165) is 16.7 Å². The van der Waals surface area contributed by atoms with Crippen LogP contribution < -0.4 is 0 Å². The van der Waals surface area contributed by atoms with Crippen LogP contribution in [0.3, 0.4) is 0 Å². The molecule has 0 radical (unpaired) electrons. The molecule has 0 unspecified atom stereocenters. The van der Waals surface area contributed by atoms with E-state index >= 15 is 0 Å². The molecule has 1 aromatic rings. The maximum atomic E-state index is 11.1. The van der Waals surface area contributed by atoms with Crippen LogP contribution in [0.15, 0.2) is 42.5 Å². The van der Waals surface area contributed by atoms with Crippen molar-refractivity contribution >= 4 is 11.4 Å². The molecular weight excluding hydrogens is 184 g/mol. The van der Waals surface area contributed by atoms with E-state index < -0.39 is 0 Å². The SMILES string of the molecule is C=C(C)/C(=C\C(C)=O)c1cccc(C)c1. The Kier molecular flexibility index (Phi) is 3.62. The number of aryl methyl sites for hydroxylation is 1. The van der Waals surface area contributed by atoms with E-state index in [9.17, 15) is 4.79 Å². The van der Waals surface area contributed by atoms with Crippen molar-refractivity contribution in [1.82, 2.24) is 0 Å². The van der Waals surface area contributed by atoms with Gasteiger partial charge >= 0.3 is 0 Å². The van der Waals surface area contributed by atoms with E-state index in [-0.39, 0.29) is 5.78 Å². The van der Waals surface area contributed by atoms with Crippen molar-refractivity contribution in [2.45, 2.75) is 20.8 Å². The Morgan fingerprint density at radius 2 is 2.00 bits per heavy atom. The highest BCUT2D eigenvalue weighted by Crippen LogP contribution is 2.22. The van der Waals surface area contributed by atoms with Gasteiger partial charge in [-0.25, -0.2) is 0 Å². The maximum Gasteiger partial charge on any atom is 0.153 e. The Balaban J connectivity index is 3.22. The van der Waals surface area contributed by atoms with Gasteiger partial charge in [0.15, 0.2) is 5.78 Å². The van der Waals surface area contributed by atoms with Crippen molar-refractivity contribution in [3.05, 3.63) is 53.6 Å². The number of allylic oxidation sites excluding steroid dienone is 3. The normalized spacial score (nSPS) is 11.3. The monoisotopic (exact) mass is 200 g/mol. The lowest BCUT2D eigenvalue weighted by molar-refractivity contribution is -0.112. The fourth-order valence-corrected chi connectivity index (χ4v) is 1.47. The minimum atomic E-state index is 0.0505. The number of hydrogen-bond donors (Lipinski definition) is 0. The average Bonchev–Trinajstić information content (AvgIpc) is 2.13. The summed E-state index contributed by atoms with van der Waals surface area (Å²) >= 11 is 0. The van der Waals surface area contributed by atoms with E-state index in [1.165, 1.54) is 5.56 Å². The molecular formula is C14H16O. The Labute approximate surface area is 91.1 Å². The summed E-state index contributed by atoms with van der Waals surface area (Å²) in [5, 5.41) is 0. The van der Waals surface area contributed by atoms with Crippen LogP contribution in [-0.2, 0) is 4.79 Å². The molecule has 0 aromatic heterocycles. The summed E-state index contributed by atoms with van der Waals surface area (Å²) < 4.78 is 0. The van der Waals surface area contributed by atoms with Crippen LogP contribution in [0, 0.1) is 6.92 Å². The number of carbonyl (C=O) groups excluding carboxylic acids is 1. The highest BCUT2D eigenvalue weighted by molar-refractivity contribution is 5.98. The van der Waals surface area contributed by atoms with Gasteiger partial charge in [0.2, 0.25) is 0 Å². The van der Waals surface area contributed by atoms with E-state index in [1.54, 1.807) is 13.0 Å². The molecule has 78 valence electrons. The summed E-state index contributed by atoms with van der Waals surface area (Å²) in [6.07, 6.45) is 1.64. The predicted molar refractivity (Wildman–Crippen MR) is 64.7 cm³/mol. The zero-order valence-electron chi connectivity index (χ0n) is 9.50. The molecule has 0 amide bonds. The molecule has 0 aliphatic carbocycles. The molecule has 0 saturated carbocycles. The first kappa shape index (κ1) is 11.4. The molecule has 1 nitrogen and oxygen atoms in total. The molecule has 1 rings (SSSR count). The third-order valence-corrected chi connectivity index (χ3v) is 2.14. The topological polar surface area (TPSA) is 17.1 Å². The summed E-state index contributed by atoms with van der Waals surface area (Å²) in [5.41, 5.74) is 4.07. The number of ketones is 1. The highest BCUT2D eigenvalue weighted by atomic mass is 16.1. The number of rotatable bonds is 3. The third-order valence-electron chi connectivity index (χ3n) is 2.14.